The van der Waals surface area contributed by atoms with Gasteiger partial charge in [-0.15, -0.1) is 0 Å². The Balaban J connectivity index is 2.68. The first-order chi connectivity index (χ1) is 9.43. The summed E-state index contributed by atoms with van der Waals surface area (Å²) in [7, 11) is 1.22. The third-order valence-corrected chi connectivity index (χ3v) is 2.63. The van der Waals surface area contributed by atoms with Gasteiger partial charge in [0.1, 0.15) is 6.04 Å². The van der Waals surface area contributed by atoms with Gasteiger partial charge >= 0.3 is 11.9 Å². The fourth-order valence-corrected chi connectivity index (χ4v) is 1.55. The van der Waals surface area contributed by atoms with Gasteiger partial charge in [0, 0.05) is 23.9 Å². The van der Waals surface area contributed by atoms with Crippen LogP contribution in [0.3, 0.4) is 0 Å². The van der Waals surface area contributed by atoms with E-state index in [1.165, 1.54) is 19.4 Å². The highest BCUT2D eigenvalue weighted by molar-refractivity contribution is 5.96. The molecule has 1 unspecified atom stereocenters. The van der Waals surface area contributed by atoms with E-state index in [9.17, 15) is 14.4 Å². The zero-order valence-electron chi connectivity index (χ0n) is 11.3. The van der Waals surface area contributed by atoms with Crippen LogP contribution in [-0.4, -0.2) is 41.1 Å². The Morgan fingerprint density at radius 3 is 2.70 bits per heavy atom. The van der Waals surface area contributed by atoms with E-state index < -0.39 is 23.9 Å². The summed E-state index contributed by atoms with van der Waals surface area (Å²) in [6.45, 7) is 1.72. The summed E-state index contributed by atoms with van der Waals surface area (Å²) >= 11 is 0. The number of rotatable bonds is 6. The Kier molecular flexibility index (Phi) is 5.64. The maximum Gasteiger partial charge on any atom is 0.326 e. The minimum Gasteiger partial charge on any atom is -0.480 e. The summed E-state index contributed by atoms with van der Waals surface area (Å²) in [6, 6.07) is 1.89. The highest BCUT2D eigenvalue weighted by atomic mass is 16.5. The molecule has 0 aliphatic carbocycles. The summed E-state index contributed by atoms with van der Waals surface area (Å²) in [4.78, 5) is 37.9. The Morgan fingerprint density at radius 2 is 2.15 bits per heavy atom. The molecule has 7 nitrogen and oxygen atoms in total. The molecule has 7 heteroatoms. The molecule has 0 saturated carbocycles. The van der Waals surface area contributed by atoms with Crippen LogP contribution in [-0.2, 0) is 14.3 Å². The first-order valence-electron chi connectivity index (χ1n) is 5.97. The molecule has 0 saturated heterocycles. The van der Waals surface area contributed by atoms with E-state index in [0.29, 0.717) is 11.3 Å². The molecule has 0 radical (unpaired) electrons. The molecular weight excluding hydrogens is 264 g/mol. The smallest absolute Gasteiger partial charge is 0.326 e. The maximum absolute atomic E-state index is 11.9. The summed E-state index contributed by atoms with van der Waals surface area (Å²) in [5.74, 6) is -2.24. The molecule has 0 bridgehead atoms. The third kappa shape index (κ3) is 4.68. The lowest BCUT2D eigenvalue weighted by Gasteiger charge is -2.14. The van der Waals surface area contributed by atoms with Crippen LogP contribution in [0, 0.1) is 6.92 Å². The van der Waals surface area contributed by atoms with Gasteiger partial charge in [0.05, 0.1) is 7.11 Å². The van der Waals surface area contributed by atoms with Gasteiger partial charge in [-0.05, 0) is 25.5 Å². The van der Waals surface area contributed by atoms with Gasteiger partial charge in [0.25, 0.3) is 5.91 Å². The monoisotopic (exact) mass is 280 g/mol. The number of methoxy groups -OCH3 is 1. The van der Waals surface area contributed by atoms with Crippen molar-refractivity contribution in [3.05, 3.63) is 29.6 Å². The van der Waals surface area contributed by atoms with Crippen molar-refractivity contribution in [3.8, 4) is 0 Å². The molecule has 1 aromatic rings. The van der Waals surface area contributed by atoms with Gasteiger partial charge in [-0.1, -0.05) is 0 Å². The number of aliphatic carboxylic acids is 1. The number of hydrogen-bond acceptors (Lipinski definition) is 5. The van der Waals surface area contributed by atoms with Crippen LogP contribution in [0.4, 0.5) is 0 Å². The number of nitrogens with one attached hydrogen (secondary N) is 1. The zero-order valence-corrected chi connectivity index (χ0v) is 11.3. The lowest BCUT2D eigenvalue weighted by atomic mass is 10.1. The number of nitrogens with zero attached hydrogens (tertiary/aromatic N) is 1. The Labute approximate surface area is 116 Å². The van der Waals surface area contributed by atoms with Crippen LogP contribution in [0.1, 0.15) is 28.9 Å². The van der Waals surface area contributed by atoms with E-state index in [1.807, 2.05) is 0 Å². The van der Waals surface area contributed by atoms with Crippen LogP contribution in [0.15, 0.2) is 18.3 Å². The van der Waals surface area contributed by atoms with Gasteiger partial charge in [-0.2, -0.15) is 0 Å². The van der Waals surface area contributed by atoms with Gasteiger partial charge in [0.2, 0.25) is 0 Å². The molecule has 1 aromatic heterocycles. The van der Waals surface area contributed by atoms with Crippen molar-refractivity contribution in [2.45, 2.75) is 25.8 Å². The molecule has 1 amide bonds. The second kappa shape index (κ2) is 7.22. The van der Waals surface area contributed by atoms with Gasteiger partial charge in [0.15, 0.2) is 0 Å². The molecule has 1 heterocycles. The highest BCUT2D eigenvalue weighted by Crippen LogP contribution is 2.04. The second-order valence-electron chi connectivity index (χ2n) is 4.16. The van der Waals surface area contributed by atoms with Crippen molar-refractivity contribution in [3.63, 3.8) is 0 Å². The summed E-state index contributed by atoms with van der Waals surface area (Å²) < 4.78 is 4.43. The summed E-state index contributed by atoms with van der Waals surface area (Å²) in [5, 5.41) is 11.4. The van der Waals surface area contributed by atoms with Gasteiger partial charge in [-0.25, -0.2) is 4.79 Å². The summed E-state index contributed by atoms with van der Waals surface area (Å²) in [5.41, 5.74) is 0.973. The van der Waals surface area contributed by atoms with E-state index in [0.717, 1.165) is 0 Å². The molecule has 0 aromatic carbocycles. The zero-order chi connectivity index (χ0) is 15.1. The summed E-state index contributed by atoms with van der Waals surface area (Å²) in [6.07, 6.45) is 1.36. The van der Waals surface area contributed by atoms with Crippen LogP contribution in [0.5, 0.6) is 0 Å². The minimum atomic E-state index is -1.20. The molecule has 2 N–H and O–H groups in total. The Bertz CT molecular complexity index is 515. The van der Waals surface area contributed by atoms with E-state index >= 15 is 0 Å². The Morgan fingerprint density at radius 1 is 1.45 bits per heavy atom. The predicted octanol–water partition coefficient (Wildman–Crippen LogP) is 0.526. The number of esters is 1. The van der Waals surface area contributed by atoms with Gasteiger partial charge in [-0.3, -0.25) is 14.6 Å². The molecule has 1 rings (SSSR count). The highest BCUT2D eigenvalue weighted by Gasteiger charge is 2.21. The molecule has 0 spiro atoms. The normalized spacial score (nSPS) is 11.5. The van der Waals surface area contributed by atoms with E-state index in [-0.39, 0.29) is 12.8 Å². The number of carbonyl (C=O) groups is 3. The second-order valence-corrected chi connectivity index (χ2v) is 4.16. The first-order valence-corrected chi connectivity index (χ1v) is 5.97. The Hall–Kier alpha value is -2.44. The SMILES string of the molecule is COC(=O)CCC(NC(=O)c1ccnc(C)c1)C(=O)O. The van der Waals surface area contributed by atoms with E-state index in [4.69, 9.17) is 5.11 Å². The number of ether oxygens (including phenoxy) is 1. The minimum absolute atomic E-state index is 0.0299. The van der Waals surface area contributed by atoms with Crippen molar-refractivity contribution in [1.82, 2.24) is 10.3 Å². The van der Waals surface area contributed by atoms with Crippen molar-refractivity contribution in [1.29, 1.82) is 0 Å². The molecule has 108 valence electrons. The van der Waals surface area contributed by atoms with Crippen LogP contribution in [0.25, 0.3) is 0 Å². The topological polar surface area (TPSA) is 106 Å². The lowest BCUT2D eigenvalue weighted by Crippen LogP contribution is -2.41. The van der Waals surface area contributed by atoms with E-state index in [1.54, 1.807) is 13.0 Å². The fourth-order valence-electron chi connectivity index (χ4n) is 1.55. The molecule has 1 atom stereocenters. The van der Waals surface area contributed by atoms with Crippen molar-refractivity contribution in [2.24, 2.45) is 0 Å². The van der Waals surface area contributed by atoms with Crippen LogP contribution >= 0.6 is 0 Å². The molecule has 0 fully saturated rings. The standard InChI is InChI=1S/C13H16N2O5/c1-8-7-9(5-6-14-8)12(17)15-10(13(18)19)3-4-11(16)20-2/h5-7,10H,3-4H2,1-2H3,(H,15,17)(H,18,19). The fraction of sp³-hybridized carbons (Fsp3) is 0.385. The largest absolute Gasteiger partial charge is 0.480 e. The number of carboxylic acids is 1. The van der Waals surface area contributed by atoms with Crippen LogP contribution < -0.4 is 5.32 Å². The third-order valence-electron chi connectivity index (χ3n) is 2.63. The van der Waals surface area contributed by atoms with Crippen molar-refractivity contribution in [2.75, 3.05) is 7.11 Å². The quantitative estimate of drug-likeness (QED) is 0.736. The number of carboxylic acid groups (broad SMARTS) is 1. The number of amides is 1. The van der Waals surface area contributed by atoms with Crippen molar-refractivity contribution >= 4 is 17.8 Å². The number of aromatic nitrogens is 1. The average Bonchev–Trinajstić information content (AvgIpc) is 2.42. The first kappa shape index (κ1) is 15.6. The molecule has 20 heavy (non-hydrogen) atoms. The van der Waals surface area contributed by atoms with Gasteiger partial charge < -0.3 is 15.2 Å². The predicted molar refractivity (Wildman–Crippen MR) is 69.1 cm³/mol. The number of carbonyl (C=O) groups excluding carboxylic acids is 2. The number of pyridine rings is 1. The lowest BCUT2D eigenvalue weighted by molar-refractivity contribution is -0.142. The van der Waals surface area contributed by atoms with Crippen LogP contribution in [0.2, 0.25) is 0 Å². The maximum atomic E-state index is 11.9. The van der Waals surface area contributed by atoms with Crippen molar-refractivity contribution < 1.29 is 24.2 Å². The molecule has 0 aliphatic rings. The number of hydrogen-bond donors (Lipinski definition) is 2. The molecular formula is C13H16N2O5. The number of aryl methyl sites for hydroxylation is 1. The van der Waals surface area contributed by atoms with E-state index in [2.05, 4.69) is 15.0 Å². The average molecular weight is 280 g/mol. The molecule has 0 aliphatic heterocycles.